The van der Waals surface area contributed by atoms with Crippen molar-refractivity contribution in [3.05, 3.63) is 85.6 Å². The van der Waals surface area contributed by atoms with E-state index in [1.807, 2.05) is 25.2 Å². The Morgan fingerprint density at radius 1 is 1.24 bits per heavy atom. The lowest BCUT2D eigenvalue weighted by molar-refractivity contribution is 0.552. The lowest BCUT2D eigenvalue weighted by Gasteiger charge is -2.18. The Bertz CT molecular complexity index is 1060. The highest BCUT2D eigenvalue weighted by Crippen LogP contribution is 2.32. The van der Waals surface area contributed by atoms with Gasteiger partial charge in [-0.2, -0.15) is 5.26 Å². The molecule has 3 nitrogen and oxygen atoms in total. The lowest BCUT2D eigenvalue weighted by atomic mass is 9.91. The molecule has 182 valence electrons. The predicted molar refractivity (Wildman–Crippen MR) is 159 cm³/mol. The van der Waals surface area contributed by atoms with Gasteiger partial charge in [0.25, 0.3) is 0 Å². The molecular formula is C30H40IN3. The highest BCUT2D eigenvalue weighted by molar-refractivity contribution is 14.1. The van der Waals surface area contributed by atoms with Gasteiger partial charge in [0, 0.05) is 21.9 Å². The molecule has 0 aliphatic heterocycles. The van der Waals surface area contributed by atoms with Gasteiger partial charge in [-0.15, -0.1) is 0 Å². The summed E-state index contributed by atoms with van der Waals surface area (Å²) >= 11 is 2.41. The highest BCUT2D eigenvalue weighted by atomic mass is 127. The Morgan fingerprint density at radius 3 is 2.47 bits per heavy atom. The normalized spacial score (nSPS) is 13.6. The number of halogens is 1. The van der Waals surface area contributed by atoms with E-state index in [4.69, 9.17) is 0 Å². The van der Waals surface area contributed by atoms with Crippen molar-refractivity contribution in [1.82, 2.24) is 5.32 Å². The van der Waals surface area contributed by atoms with E-state index in [1.54, 1.807) is 0 Å². The molecule has 4 heteroatoms. The van der Waals surface area contributed by atoms with E-state index < -0.39 is 0 Å². The van der Waals surface area contributed by atoms with Gasteiger partial charge in [0.15, 0.2) is 0 Å². The maximum Gasteiger partial charge on any atom is 0.0991 e. The Labute approximate surface area is 221 Å². The van der Waals surface area contributed by atoms with Gasteiger partial charge < -0.3 is 5.32 Å². The fourth-order valence-electron chi connectivity index (χ4n) is 3.52. The summed E-state index contributed by atoms with van der Waals surface area (Å²) in [6.45, 7) is 23.3. The molecule has 0 radical (unpaired) electrons. The van der Waals surface area contributed by atoms with E-state index in [-0.39, 0.29) is 0 Å². The lowest BCUT2D eigenvalue weighted by Crippen LogP contribution is -2.21. The molecule has 0 aliphatic carbocycles. The van der Waals surface area contributed by atoms with Crippen LogP contribution in [0.1, 0.15) is 64.2 Å². The van der Waals surface area contributed by atoms with Gasteiger partial charge in [-0.25, -0.2) is 0 Å². The number of allylic oxidation sites excluding steroid dienone is 6. The van der Waals surface area contributed by atoms with Gasteiger partial charge in [-0.3, -0.25) is 4.99 Å². The Kier molecular flexibility index (Phi) is 13.1. The second-order valence-corrected chi connectivity index (χ2v) is 10.4. The van der Waals surface area contributed by atoms with Crippen LogP contribution in [0.2, 0.25) is 0 Å². The second kappa shape index (κ2) is 14.9. The van der Waals surface area contributed by atoms with Crippen molar-refractivity contribution in [2.24, 2.45) is 10.9 Å². The largest absolute Gasteiger partial charge is 0.316 e. The fraction of sp³-hybridized carbons (Fsp3) is 0.400. The van der Waals surface area contributed by atoms with Gasteiger partial charge in [-0.1, -0.05) is 50.3 Å². The average molecular weight is 570 g/mol. The fourth-order valence-corrected chi connectivity index (χ4v) is 4.73. The zero-order valence-electron chi connectivity index (χ0n) is 22.0. The summed E-state index contributed by atoms with van der Waals surface area (Å²) in [6.07, 6.45) is 6.03. The smallest absolute Gasteiger partial charge is 0.0991 e. The molecule has 0 saturated carbocycles. The maximum absolute atomic E-state index is 9.25. The number of aliphatic imine (C=N–C) groups is 1. The van der Waals surface area contributed by atoms with Crippen LogP contribution in [0.15, 0.2) is 73.9 Å². The third-order valence-corrected chi connectivity index (χ3v) is 6.38. The molecule has 1 rings (SSSR count). The molecule has 0 aliphatic rings. The van der Waals surface area contributed by atoms with Crippen LogP contribution in [0, 0.1) is 24.2 Å². The number of benzene rings is 1. The monoisotopic (exact) mass is 569 g/mol. The summed E-state index contributed by atoms with van der Waals surface area (Å²) in [5.74, 6) is 0.642. The first-order valence-electron chi connectivity index (χ1n) is 11.8. The first kappa shape index (κ1) is 29.8. The number of nitriles is 1. The van der Waals surface area contributed by atoms with Crippen molar-refractivity contribution in [2.45, 2.75) is 54.4 Å². The van der Waals surface area contributed by atoms with E-state index in [9.17, 15) is 5.26 Å². The first-order valence-corrected chi connectivity index (χ1v) is 12.8. The predicted octanol–water partition coefficient (Wildman–Crippen LogP) is 8.13. The molecule has 0 atom stereocenters. The minimum absolute atomic E-state index is 0.642. The summed E-state index contributed by atoms with van der Waals surface area (Å²) in [5, 5.41) is 12.8. The molecular weight excluding hydrogens is 529 g/mol. The number of rotatable bonds is 12. The van der Waals surface area contributed by atoms with Crippen LogP contribution in [0.3, 0.4) is 0 Å². The highest BCUT2D eigenvalue weighted by Gasteiger charge is 2.15. The van der Waals surface area contributed by atoms with Crippen molar-refractivity contribution in [3.8, 4) is 6.07 Å². The van der Waals surface area contributed by atoms with Gasteiger partial charge in [-0.05, 0) is 123 Å². The Morgan fingerprint density at radius 2 is 1.91 bits per heavy atom. The molecule has 0 bridgehead atoms. The molecule has 0 fully saturated rings. The molecule has 1 aromatic carbocycles. The van der Waals surface area contributed by atoms with E-state index in [1.165, 1.54) is 11.1 Å². The molecule has 0 heterocycles. The van der Waals surface area contributed by atoms with E-state index in [0.29, 0.717) is 11.5 Å². The maximum atomic E-state index is 9.25. The van der Waals surface area contributed by atoms with Gasteiger partial charge in [0.2, 0.25) is 0 Å². The van der Waals surface area contributed by atoms with E-state index in [0.717, 1.165) is 63.1 Å². The topological polar surface area (TPSA) is 48.2 Å². The molecule has 1 aromatic rings. The third-order valence-electron chi connectivity index (χ3n) is 5.53. The van der Waals surface area contributed by atoms with Crippen molar-refractivity contribution < 1.29 is 0 Å². The number of aryl methyl sites for hydroxylation is 1. The summed E-state index contributed by atoms with van der Waals surface area (Å²) in [7, 11) is 1.83. The van der Waals surface area contributed by atoms with Gasteiger partial charge in [0.1, 0.15) is 0 Å². The standard InChI is InChI=1S/C30H40IN3/c1-20(2)19-34-13-12-22(5)15-28(21(3)4)30(25(8)33-9)29(31)16-23(6)14-27-17-26(18-32)11-10-24(27)7/h10-11,14,16-17,20,34H,3,5,12-13,15,19H2,1-2,4,6-9H3/b23-14-,29-16+,30-28+,33-25?. The van der Waals surface area contributed by atoms with E-state index in [2.05, 4.69) is 106 Å². The molecule has 0 amide bonds. The number of hydrogen-bond acceptors (Lipinski definition) is 3. The molecule has 34 heavy (non-hydrogen) atoms. The molecule has 0 spiro atoms. The molecule has 1 N–H and O–H groups in total. The van der Waals surface area contributed by atoms with Gasteiger partial charge >= 0.3 is 0 Å². The van der Waals surface area contributed by atoms with Crippen molar-refractivity contribution in [3.63, 3.8) is 0 Å². The van der Waals surface area contributed by atoms with Gasteiger partial charge in [0.05, 0.1) is 11.6 Å². The van der Waals surface area contributed by atoms with Crippen LogP contribution < -0.4 is 5.32 Å². The second-order valence-electron chi connectivity index (χ2n) is 9.28. The Balaban J connectivity index is 3.32. The van der Waals surface area contributed by atoms with E-state index >= 15 is 0 Å². The molecule has 0 saturated heterocycles. The molecule has 0 aromatic heterocycles. The first-order chi connectivity index (χ1) is 16.0. The van der Waals surface area contributed by atoms with Crippen molar-refractivity contribution in [2.75, 3.05) is 20.1 Å². The van der Waals surface area contributed by atoms with Crippen LogP contribution in [0.4, 0.5) is 0 Å². The SMILES string of the molecule is C=C(CCNCC(C)C)C\C(C(=C)C)=C(C(C)=NC)/C(I)=C\C(C)=C/c1cc(C#N)ccc1C. The minimum Gasteiger partial charge on any atom is -0.316 e. The number of nitrogens with one attached hydrogen (secondary N) is 1. The number of hydrogen-bond donors (Lipinski definition) is 1. The zero-order valence-corrected chi connectivity index (χ0v) is 24.1. The minimum atomic E-state index is 0.642. The van der Waals surface area contributed by atoms with Crippen LogP contribution in [0.5, 0.6) is 0 Å². The summed E-state index contributed by atoms with van der Waals surface area (Å²) < 4.78 is 1.12. The van der Waals surface area contributed by atoms with Crippen LogP contribution >= 0.6 is 22.6 Å². The summed E-state index contributed by atoms with van der Waals surface area (Å²) in [6, 6.07) is 8.01. The molecule has 0 unspecified atom stereocenters. The Hall–Kier alpha value is -2.23. The van der Waals surface area contributed by atoms with Crippen LogP contribution in [0.25, 0.3) is 6.08 Å². The summed E-state index contributed by atoms with van der Waals surface area (Å²) in [5.41, 5.74) is 9.52. The third kappa shape index (κ3) is 9.95. The van der Waals surface area contributed by atoms with Crippen LogP contribution in [-0.4, -0.2) is 25.8 Å². The average Bonchev–Trinajstić information content (AvgIpc) is 2.77. The quantitative estimate of drug-likeness (QED) is 0.0909. The summed E-state index contributed by atoms with van der Waals surface area (Å²) in [4.78, 5) is 4.52. The van der Waals surface area contributed by atoms with Crippen LogP contribution in [-0.2, 0) is 0 Å². The van der Waals surface area contributed by atoms with Crippen molar-refractivity contribution >= 4 is 34.4 Å². The zero-order chi connectivity index (χ0) is 25.8. The van der Waals surface area contributed by atoms with Crippen molar-refractivity contribution in [1.29, 1.82) is 5.26 Å². The number of nitrogens with zero attached hydrogens (tertiary/aromatic N) is 2.